The number of nitrogens with one attached hydrogen (secondary N) is 2. The van der Waals surface area contributed by atoms with Crippen molar-refractivity contribution in [1.82, 2.24) is 5.32 Å². The lowest BCUT2D eigenvalue weighted by atomic mass is 10.1. The van der Waals surface area contributed by atoms with Crippen molar-refractivity contribution in [3.8, 4) is 0 Å². The number of carbonyl (C=O) groups is 2. The van der Waals surface area contributed by atoms with Gasteiger partial charge in [-0.1, -0.05) is 6.08 Å². The highest BCUT2D eigenvalue weighted by molar-refractivity contribution is 5.95. The highest BCUT2D eigenvalue weighted by Gasteiger charge is 2.01. The maximum Gasteiger partial charge on any atom is 0.323 e. The first-order chi connectivity index (χ1) is 7.63. The van der Waals surface area contributed by atoms with E-state index in [2.05, 4.69) is 10.6 Å². The molecule has 0 aliphatic rings. The number of urea groups is 1. The predicted octanol–water partition coefficient (Wildman–Crippen LogP) is 2.54. The molecule has 0 saturated heterocycles. The van der Waals surface area contributed by atoms with E-state index >= 15 is 0 Å². The molecule has 2 amide bonds. The first-order valence-corrected chi connectivity index (χ1v) is 4.93. The Kier molecular flexibility index (Phi) is 4.27. The lowest BCUT2D eigenvalue weighted by Crippen LogP contribution is -2.23. The zero-order valence-corrected chi connectivity index (χ0v) is 9.28. The number of Topliss-reactive ketones (excluding diaryl/α,β-unsaturated/α-hetero) is 1. The quantitative estimate of drug-likeness (QED) is 0.766. The summed E-state index contributed by atoms with van der Waals surface area (Å²) >= 11 is 0. The average Bonchev–Trinajstić information content (AvgIpc) is 2.27. The summed E-state index contributed by atoms with van der Waals surface area (Å²) in [7, 11) is 0. The van der Waals surface area contributed by atoms with Crippen LogP contribution in [0.1, 0.15) is 24.2 Å². The van der Waals surface area contributed by atoms with E-state index < -0.39 is 0 Å². The van der Waals surface area contributed by atoms with Crippen LogP contribution in [0.3, 0.4) is 0 Å². The van der Waals surface area contributed by atoms with Crippen LogP contribution in [0.4, 0.5) is 10.5 Å². The number of hydrogen-bond acceptors (Lipinski definition) is 2. The van der Waals surface area contributed by atoms with Crippen LogP contribution in [0.5, 0.6) is 0 Å². The lowest BCUT2D eigenvalue weighted by molar-refractivity contribution is 0.101. The molecule has 0 fully saturated rings. The summed E-state index contributed by atoms with van der Waals surface area (Å²) in [6, 6.07) is 6.41. The highest BCUT2D eigenvalue weighted by atomic mass is 16.2. The van der Waals surface area contributed by atoms with E-state index in [4.69, 9.17) is 0 Å². The molecule has 2 N–H and O–H groups in total. The third-order valence-corrected chi connectivity index (χ3v) is 1.93. The lowest BCUT2D eigenvalue weighted by Gasteiger charge is -2.04. The van der Waals surface area contributed by atoms with E-state index in [1.807, 2.05) is 6.92 Å². The minimum atomic E-state index is -0.311. The van der Waals surface area contributed by atoms with Crippen LogP contribution in [0.25, 0.3) is 0 Å². The number of ketones is 1. The van der Waals surface area contributed by atoms with Gasteiger partial charge in [0.25, 0.3) is 0 Å². The maximum absolute atomic E-state index is 11.2. The topological polar surface area (TPSA) is 58.2 Å². The molecule has 0 bridgehead atoms. The molecule has 4 nitrogen and oxygen atoms in total. The SMILES string of the molecule is C/C=C/NC(=O)Nc1ccc(C(C)=O)cc1. The summed E-state index contributed by atoms with van der Waals surface area (Å²) in [5, 5.41) is 5.15. The van der Waals surface area contributed by atoms with Crippen LogP contribution in [-0.2, 0) is 0 Å². The van der Waals surface area contributed by atoms with E-state index in [1.54, 1.807) is 36.5 Å². The molecule has 0 heterocycles. The number of hydrogen-bond donors (Lipinski definition) is 2. The van der Waals surface area contributed by atoms with Crippen LogP contribution in [0.15, 0.2) is 36.5 Å². The van der Waals surface area contributed by atoms with E-state index in [1.165, 1.54) is 6.92 Å². The molecular weight excluding hydrogens is 204 g/mol. The van der Waals surface area contributed by atoms with Crippen molar-refractivity contribution in [1.29, 1.82) is 0 Å². The zero-order chi connectivity index (χ0) is 12.0. The minimum absolute atomic E-state index is 0.00455. The molecule has 0 atom stereocenters. The van der Waals surface area contributed by atoms with Gasteiger partial charge < -0.3 is 10.6 Å². The maximum atomic E-state index is 11.2. The Morgan fingerprint density at radius 2 is 1.81 bits per heavy atom. The Labute approximate surface area is 94.4 Å². The molecule has 0 radical (unpaired) electrons. The summed E-state index contributed by atoms with van der Waals surface area (Å²) in [5.74, 6) is 0.00455. The second-order valence-electron chi connectivity index (χ2n) is 3.23. The van der Waals surface area contributed by atoms with Crippen molar-refractivity contribution in [2.24, 2.45) is 0 Å². The molecule has 0 aliphatic heterocycles. The number of carbonyl (C=O) groups excluding carboxylic acids is 2. The second-order valence-corrected chi connectivity index (χ2v) is 3.23. The van der Waals surface area contributed by atoms with Crippen LogP contribution in [-0.4, -0.2) is 11.8 Å². The monoisotopic (exact) mass is 218 g/mol. The van der Waals surface area contributed by atoms with Crippen molar-refractivity contribution >= 4 is 17.5 Å². The molecule has 1 aromatic rings. The fourth-order valence-electron chi connectivity index (χ4n) is 1.11. The van der Waals surface area contributed by atoms with Crippen LogP contribution in [0.2, 0.25) is 0 Å². The van der Waals surface area contributed by atoms with Crippen LogP contribution in [0, 0.1) is 0 Å². The van der Waals surface area contributed by atoms with E-state index in [0.29, 0.717) is 11.3 Å². The third kappa shape index (κ3) is 3.57. The van der Waals surface area contributed by atoms with Gasteiger partial charge in [-0.15, -0.1) is 0 Å². The molecule has 0 saturated carbocycles. The van der Waals surface area contributed by atoms with E-state index in [9.17, 15) is 9.59 Å². The van der Waals surface area contributed by atoms with Crippen LogP contribution >= 0.6 is 0 Å². The molecule has 0 aromatic heterocycles. The summed E-state index contributed by atoms with van der Waals surface area (Å²) in [6.45, 7) is 3.31. The highest BCUT2D eigenvalue weighted by Crippen LogP contribution is 2.09. The summed E-state index contributed by atoms with van der Waals surface area (Å²) in [4.78, 5) is 22.3. The zero-order valence-electron chi connectivity index (χ0n) is 9.28. The first kappa shape index (κ1) is 12.0. The standard InChI is InChI=1S/C12H14N2O2/c1-3-8-13-12(16)14-11-6-4-10(5-7-11)9(2)15/h3-8H,1-2H3,(H2,13,14,16)/b8-3+. The molecule has 0 unspecified atom stereocenters. The molecule has 16 heavy (non-hydrogen) atoms. The second kappa shape index (κ2) is 5.70. The molecule has 4 heteroatoms. The third-order valence-electron chi connectivity index (χ3n) is 1.93. The number of allylic oxidation sites excluding steroid dienone is 1. The van der Waals surface area contributed by atoms with E-state index in [-0.39, 0.29) is 11.8 Å². The van der Waals surface area contributed by atoms with Gasteiger partial charge in [0.15, 0.2) is 5.78 Å². The molecule has 0 spiro atoms. The van der Waals surface area contributed by atoms with Crippen molar-refractivity contribution in [2.75, 3.05) is 5.32 Å². The fourth-order valence-corrected chi connectivity index (χ4v) is 1.11. The molecule has 1 rings (SSSR count). The van der Waals surface area contributed by atoms with Gasteiger partial charge in [0.05, 0.1) is 0 Å². The van der Waals surface area contributed by atoms with Gasteiger partial charge in [-0.3, -0.25) is 4.79 Å². The predicted molar refractivity (Wildman–Crippen MR) is 63.4 cm³/mol. The average molecular weight is 218 g/mol. The number of benzene rings is 1. The Morgan fingerprint density at radius 1 is 1.19 bits per heavy atom. The Hall–Kier alpha value is -2.10. The summed E-state index contributed by atoms with van der Waals surface area (Å²) in [6.07, 6.45) is 3.26. The van der Waals surface area contributed by atoms with Crippen molar-refractivity contribution in [3.63, 3.8) is 0 Å². The summed E-state index contributed by atoms with van der Waals surface area (Å²) < 4.78 is 0. The van der Waals surface area contributed by atoms with Crippen molar-refractivity contribution in [3.05, 3.63) is 42.1 Å². The van der Waals surface area contributed by atoms with E-state index in [0.717, 1.165) is 0 Å². The van der Waals surface area contributed by atoms with Gasteiger partial charge in [0, 0.05) is 17.5 Å². The number of rotatable bonds is 3. The van der Waals surface area contributed by atoms with Crippen LogP contribution < -0.4 is 10.6 Å². The smallest absolute Gasteiger partial charge is 0.315 e. The van der Waals surface area contributed by atoms with Gasteiger partial charge in [0.1, 0.15) is 0 Å². The largest absolute Gasteiger partial charge is 0.323 e. The van der Waals surface area contributed by atoms with Crippen molar-refractivity contribution < 1.29 is 9.59 Å². The van der Waals surface area contributed by atoms with Gasteiger partial charge in [-0.2, -0.15) is 0 Å². The fraction of sp³-hybridized carbons (Fsp3) is 0.167. The first-order valence-electron chi connectivity index (χ1n) is 4.93. The minimum Gasteiger partial charge on any atom is -0.315 e. The Morgan fingerprint density at radius 3 is 2.31 bits per heavy atom. The Bertz CT molecular complexity index is 408. The van der Waals surface area contributed by atoms with Gasteiger partial charge in [-0.05, 0) is 38.1 Å². The molecule has 84 valence electrons. The molecule has 1 aromatic carbocycles. The summed E-state index contributed by atoms with van der Waals surface area (Å²) in [5.41, 5.74) is 1.27. The Balaban J connectivity index is 2.61. The van der Waals surface area contributed by atoms with Gasteiger partial charge in [0.2, 0.25) is 0 Å². The normalized spacial score (nSPS) is 10.1. The molecular formula is C12H14N2O2. The molecule has 0 aliphatic carbocycles. The van der Waals surface area contributed by atoms with Gasteiger partial charge >= 0.3 is 6.03 Å². The number of anilines is 1. The number of amides is 2. The van der Waals surface area contributed by atoms with Crippen molar-refractivity contribution in [2.45, 2.75) is 13.8 Å². The van der Waals surface area contributed by atoms with Gasteiger partial charge in [-0.25, -0.2) is 4.79 Å².